The molecule has 8 nitrogen and oxygen atoms in total. The van der Waals surface area contributed by atoms with E-state index in [0.29, 0.717) is 45.2 Å². The molecule has 3 aromatic rings. The van der Waals surface area contributed by atoms with Gasteiger partial charge in [-0.25, -0.2) is 13.2 Å². The number of carbonyl (C=O) groups is 2. The Balaban J connectivity index is 1.53. The molecule has 0 saturated heterocycles. The van der Waals surface area contributed by atoms with Crippen LogP contribution in [0.15, 0.2) is 53.6 Å². The molecule has 0 radical (unpaired) electrons. The minimum absolute atomic E-state index is 0.00396. The standard InChI is InChI=1S/C22H16ClN3O5S/c23-12-2-1-3-13(8-12)26-32(29,30)14-4-5-19-16(9-14)17(21(27)25-19)10-20-15-6-7-31-22(28)18(15)11-24-20/h1-5,8-11,24,26H,6-7H2,(H,25,27)/b17-10-. The summed E-state index contributed by atoms with van der Waals surface area (Å²) >= 11 is 5.94. The number of amides is 1. The number of hydrogen-bond acceptors (Lipinski definition) is 5. The Kier molecular flexibility index (Phi) is 4.79. The molecule has 3 N–H and O–H groups in total. The van der Waals surface area contributed by atoms with Crippen LogP contribution in [0.4, 0.5) is 11.4 Å². The van der Waals surface area contributed by atoms with Gasteiger partial charge in [0.1, 0.15) is 0 Å². The molecule has 0 bridgehead atoms. The summed E-state index contributed by atoms with van der Waals surface area (Å²) in [6.07, 6.45) is 3.70. The van der Waals surface area contributed by atoms with Gasteiger partial charge >= 0.3 is 5.97 Å². The van der Waals surface area contributed by atoms with Crippen LogP contribution in [0, 0.1) is 0 Å². The van der Waals surface area contributed by atoms with Gasteiger partial charge in [-0.3, -0.25) is 9.52 Å². The summed E-state index contributed by atoms with van der Waals surface area (Å²) in [6, 6.07) is 10.8. The third-order valence-corrected chi connectivity index (χ3v) is 6.89. The maximum Gasteiger partial charge on any atom is 0.339 e. The summed E-state index contributed by atoms with van der Waals surface area (Å²) in [5.41, 5.74) is 3.38. The van der Waals surface area contributed by atoms with E-state index in [-0.39, 0.29) is 17.4 Å². The van der Waals surface area contributed by atoms with Crippen LogP contribution in [0.3, 0.4) is 0 Å². The lowest BCUT2D eigenvalue weighted by molar-refractivity contribution is -0.110. The van der Waals surface area contributed by atoms with Crippen molar-refractivity contribution in [3.05, 3.63) is 76.1 Å². The van der Waals surface area contributed by atoms with E-state index in [2.05, 4.69) is 15.0 Å². The number of anilines is 2. The number of halogens is 1. The zero-order valence-corrected chi connectivity index (χ0v) is 18.0. The highest BCUT2D eigenvalue weighted by Crippen LogP contribution is 2.36. The quantitative estimate of drug-likeness (QED) is 0.398. The number of sulfonamides is 1. The minimum atomic E-state index is -3.92. The number of fused-ring (bicyclic) bond motifs is 2. The molecular weight excluding hydrogens is 454 g/mol. The fourth-order valence-electron chi connectivity index (χ4n) is 3.76. The Morgan fingerprint density at radius 2 is 1.94 bits per heavy atom. The average Bonchev–Trinajstić information content (AvgIpc) is 3.29. The highest BCUT2D eigenvalue weighted by atomic mass is 35.5. The van der Waals surface area contributed by atoms with Gasteiger partial charge in [0.05, 0.1) is 28.3 Å². The van der Waals surface area contributed by atoms with Crippen LogP contribution in [0.25, 0.3) is 11.6 Å². The second-order valence-corrected chi connectivity index (χ2v) is 9.43. The molecule has 1 amide bonds. The highest BCUT2D eigenvalue weighted by Gasteiger charge is 2.29. The Bertz CT molecular complexity index is 1430. The minimum Gasteiger partial charge on any atom is -0.462 e. The van der Waals surface area contributed by atoms with Crippen LogP contribution in [0.5, 0.6) is 0 Å². The second-order valence-electron chi connectivity index (χ2n) is 7.32. The van der Waals surface area contributed by atoms with Crippen LogP contribution < -0.4 is 10.0 Å². The van der Waals surface area contributed by atoms with Gasteiger partial charge in [0, 0.05) is 34.6 Å². The number of aromatic amines is 1. The molecular formula is C22H16ClN3O5S. The second kappa shape index (κ2) is 7.54. The van der Waals surface area contributed by atoms with E-state index in [9.17, 15) is 18.0 Å². The van der Waals surface area contributed by atoms with Crippen molar-refractivity contribution in [3.8, 4) is 0 Å². The fraction of sp³-hybridized carbons (Fsp3) is 0.0909. The summed E-state index contributed by atoms with van der Waals surface area (Å²) < 4.78 is 33.3. The molecule has 3 heterocycles. The summed E-state index contributed by atoms with van der Waals surface area (Å²) in [5.74, 6) is -0.775. The molecule has 0 spiro atoms. The summed E-state index contributed by atoms with van der Waals surface area (Å²) in [5, 5.41) is 3.14. The molecule has 162 valence electrons. The van der Waals surface area contributed by atoms with Crippen molar-refractivity contribution in [2.24, 2.45) is 0 Å². The van der Waals surface area contributed by atoms with Crippen LogP contribution in [0.1, 0.15) is 27.2 Å². The lowest BCUT2D eigenvalue weighted by atomic mass is 10.0. The first-order valence-corrected chi connectivity index (χ1v) is 11.5. The smallest absolute Gasteiger partial charge is 0.339 e. The number of hydrogen-bond donors (Lipinski definition) is 3. The fourth-order valence-corrected chi connectivity index (χ4v) is 5.03. The molecule has 2 aromatic carbocycles. The predicted molar refractivity (Wildman–Crippen MR) is 120 cm³/mol. The van der Waals surface area contributed by atoms with Gasteiger partial charge in [-0.05, 0) is 48.0 Å². The van der Waals surface area contributed by atoms with Crippen LogP contribution >= 0.6 is 11.6 Å². The topological polar surface area (TPSA) is 117 Å². The zero-order chi connectivity index (χ0) is 22.5. The number of nitrogens with one attached hydrogen (secondary N) is 3. The van der Waals surface area contributed by atoms with E-state index in [1.165, 1.54) is 18.2 Å². The molecule has 32 heavy (non-hydrogen) atoms. The van der Waals surface area contributed by atoms with E-state index in [4.69, 9.17) is 16.3 Å². The number of esters is 1. The van der Waals surface area contributed by atoms with E-state index in [1.807, 2.05) is 0 Å². The Morgan fingerprint density at radius 3 is 2.75 bits per heavy atom. The first kappa shape index (κ1) is 20.3. The molecule has 0 aliphatic carbocycles. The lowest BCUT2D eigenvalue weighted by Crippen LogP contribution is -2.16. The van der Waals surface area contributed by atoms with Crippen LogP contribution in [-0.2, 0) is 26.0 Å². The number of ether oxygens (including phenoxy) is 1. The number of rotatable bonds is 4. The van der Waals surface area contributed by atoms with Crippen molar-refractivity contribution in [1.29, 1.82) is 0 Å². The molecule has 2 aliphatic heterocycles. The number of H-pyrrole nitrogens is 1. The van der Waals surface area contributed by atoms with Crippen molar-refractivity contribution in [3.63, 3.8) is 0 Å². The lowest BCUT2D eigenvalue weighted by Gasteiger charge is -2.12. The summed E-state index contributed by atoms with van der Waals surface area (Å²) in [4.78, 5) is 27.5. The van der Waals surface area contributed by atoms with Crippen molar-refractivity contribution in [1.82, 2.24) is 4.98 Å². The number of carbonyl (C=O) groups excluding carboxylic acids is 2. The van der Waals surface area contributed by atoms with Crippen molar-refractivity contribution in [2.75, 3.05) is 16.6 Å². The number of aromatic nitrogens is 1. The maximum absolute atomic E-state index is 12.9. The number of cyclic esters (lactones) is 1. The third-order valence-electron chi connectivity index (χ3n) is 5.28. The van der Waals surface area contributed by atoms with E-state index in [0.717, 1.165) is 5.56 Å². The van der Waals surface area contributed by atoms with Gasteiger partial charge in [-0.1, -0.05) is 17.7 Å². The van der Waals surface area contributed by atoms with Crippen molar-refractivity contribution < 1.29 is 22.7 Å². The molecule has 2 aliphatic rings. The van der Waals surface area contributed by atoms with E-state index < -0.39 is 16.0 Å². The highest BCUT2D eigenvalue weighted by molar-refractivity contribution is 7.92. The zero-order valence-electron chi connectivity index (χ0n) is 16.4. The average molecular weight is 470 g/mol. The molecule has 0 unspecified atom stereocenters. The Labute approximate surface area is 188 Å². The van der Waals surface area contributed by atoms with Crippen LogP contribution in [0.2, 0.25) is 5.02 Å². The van der Waals surface area contributed by atoms with Gasteiger partial charge in [0.25, 0.3) is 15.9 Å². The normalized spacial score (nSPS) is 16.3. The van der Waals surface area contributed by atoms with Crippen molar-refractivity contribution in [2.45, 2.75) is 11.3 Å². The molecule has 10 heteroatoms. The first-order valence-electron chi connectivity index (χ1n) is 9.65. The molecule has 0 atom stereocenters. The maximum atomic E-state index is 12.9. The Hall–Kier alpha value is -3.56. The molecule has 0 saturated carbocycles. The molecule has 0 fully saturated rings. The van der Waals surface area contributed by atoms with E-state index in [1.54, 1.807) is 36.5 Å². The summed E-state index contributed by atoms with van der Waals surface area (Å²) in [6.45, 7) is 0.264. The Morgan fingerprint density at radius 1 is 1.09 bits per heavy atom. The van der Waals surface area contributed by atoms with Gasteiger partial charge in [-0.2, -0.15) is 0 Å². The van der Waals surface area contributed by atoms with Gasteiger partial charge in [-0.15, -0.1) is 0 Å². The van der Waals surface area contributed by atoms with Gasteiger partial charge in [0.2, 0.25) is 0 Å². The van der Waals surface area contributed by atoms with Crippen molar-refractivity contribution >= 4 is 56.5 Å². The first-order chi connectivity index (χ1) is 15.3. The SMILES string of the molecule is O=C1Nc2ccc(S(=O)(=O)Nc3cccc(Cl)c3)cc2/C1=C/c1[nH]cc2c1CCOC2=O. The third kappa shape index (κ3) is 3.55. The predicted octanol–water partition coefficient (Wildman–Crippen LogP) is 3.67. The van der Waals surface area contributed by atoms with Gasteiger partial charge in [0.15, 0.2) is 0 Å². The van der Waals surface area contributed by atoms with E-state index >= 15 is 0 Å². The number of benzene rings is 2. The largest absolute Gasteiger partial charge is 0.462 e. The van der Waals surface area contributed by atoms with Gasteiger partial charge < -0.3 is 15.0 Å². The molecule has 1 aromatic heterocycles. The molecule has 5 rings (SSSR count). The summed E-state index contributed by atoms with van der Waals surface area (Å²) in [7, 11) is -3.92. The monoisotopic (exact) mass is 469 g/mol. The van der Waals surface area contributed by atoms with Crippen LogP contribution in [-0.4, -0.2) is 31.9 Å².